The third-order valence-electron chi connectivity index (χ3n) is 5.81. The van der Waals surface area contributed by atoms with Crippen molar-refractivity contribution in [1.82, 2.24) is 16.0 Å². The monoisotopic (exact) mass is 506 g/mol. The van der Waals surface area contributed by atoms with Crippen molar-refractivity contribution in [2.45, 2.75) is 77.5 Å². The van der Waals surface area contributed by atoms with Gasteiger partial charge in [0.15, 0.2) is 0 Å². The largest absolute Gasteiger partial charge is 0.481 e. The Morgan fingerprint density at radius 1 is 0.833 bits per heavy atom. The molecule has 1 aromatic carbocycles. The smallest absolute Gasteiger partial charge is 0.326 e. The second-order valence-corrected chi connectivity index (χ2v) is 9.35. The van der Waals surface area contributed by atoms with Gasteiger partial charge in [-0.3, -0.25) is 19.2 Å². The Balaban J connectivity index is 3.13. The summed E-state index contributed by atoms with van der Waals surface area (Å²) >= 11 is 0. The van der Waals surface area contributed by atoms with Gasteiger partial charge in [-0.25, -0.2) is 4.79 Å². The molecule has 1 rings (SSSR count). The van der Waals surface area contributed by atoms with Crippen molar-refractivity contribution in [2.24, 2.45) is 17.6 Å². The topological polar surface area (TPSA) is 188 Å². The van der Waals surface area contributed by atoms with E-state index in [-0.39, 0.29) is 24.7 Å². The molecule has 0 aromatic heterocycles. The second kappa shape index (κ2) is 14.8. The molecule has 11 heteroatoms. The fourth-order valence-corrected chi connectivity index (χ4v) is 3.46. The molecule has 0 spiro atoms. The van der Waals surface area contributed by atoms with Gasteiger partial charge in [0.1, 0.15) is 18.1 Å². The van der Waals surface area contributed by atoms with Crippen LogP contribution in [0.4, 0.5) is 0 Å². The van der Waals surface area contributed by atoms with Crippen LogP contribution in [0.25, 0.3) is 0 Å². The van der Waals surface area contributed by atoms with Gasteiger partial charge in [0.25, 0.3) is 0 Å². The summed E-state index contributed by atoms with van der Waals surface area (Å²) in [6, 6.07) is 4.01. The Labute approximate surface area is 211 Å². The number of nitrogens with two attached hydrogens (primary N) is 1. The summed E-state index contributed by atoms with van der Waals surface area (Å²) in [6.07, 6.45) is 0.0588. The molecule has 0 saturated carbocycles. The van der Waals surface area contributed by atoms with Crippen molar-refractivity contribution in [3.63, 3.8) is 0 Å². The predicted octanol–water partition coefficient (Wildman–Crippen LogP) is 0.662. The van der Waals surface area contributed by atoms with Crippen LogP contribution in [0.15, 0.2) is 30.3 Å². The van der Waals surface area contributed by atoms with Gasteiger partial charge in [-0.05, 0) is 23.8 Å². The summed E-state index contributed by atoms with van der Waals surface area (Å²) in [5.41, 5.74) is 6.73. The van der Waals surface area contributed by atoms with Gasteiger partial charge in [-0.1, -0.05) is 64.4 Å². The molecule has 5 unspecified atom stereocenters. The van der Waals surface area contributed by atoms with E-state index in [0.717, 1.165) is 5.56 Å². The zero-order valence-corrected chi connectivity index (χ0v) is 21.2. The number of benzene rings is 1. The van der Waals surface area contributed by atoms with Gasteiger partial charge in [-0.2, -0.15) is 0 Å². The van der Waals surface area contributed by atoms with Crippen molar-refractivity contribution in [1.29, 1.82) is 0 Å². The number of amides is 3. The van der Waals surface area contributed by atoms with E-state index < -0.39 is 60.2 Å². The van der Waals surface area contributed by atoms with Crippen molar-refractivity contribution in [2.75, 3.05) is 0 Å². The Morgan fingerprint density at radius 3 is 1.86 bits per heavy atom. The number of carbonyl (C=O) groups excluding carboxylic acids is 3. The quantitative estimate of drug-likeness (QED) is 0.200. The highest BCUT2D eigenvalue weighted by atomic mass is 16.4. The van der Waals surface area contributed by atoms with Gasteiger partial charge in [0.2, 0.25) is 17.7 Å². The average Bonchev–Trinajstić information content (AvgIpc) is 2.81. The highest BCUT2D eigenvalue weighted by Gasteiger charge is 2.32. The van der Waals surface area contributed by atoms with E-state index in [1.165, 1.54) is 0 Å². The zero-order chi connectivity index (χ0) is 27.4. The maximum Gasteiger partial charge on any atom is 0.326 e. The molecule has 0 radical (unpaired) electrons. The number of aliphatic carboxylic acids is 2. The second-order valence-electron chi connectivity index (χ2n) is 9.35. The minimum atomic E-state index is -1.55. The lowest BCUT2D eigenvalue weighted by atomic mass is 9.98. The maximum absolute atomic E-state index is 13.2. The molecule has 7 N–H and O–H groups in total. The van der Waals surface area contributed by atoms with E-state index in [1.807, 2.05) is 6.92 Å². The van der Waals surface area contributed by atoms with Gasteiger partial charge < -0.3 is 31.9 Å². The Hall–Kier alpha value is -3.47. The first-order valence-electron chi connectivity index (χ1n) is 12.0. The third-order valence-corrected chi connectivity index (χ3v) is 5.81. The fourth-order valence-electron chi connectivity index (χ4n) is 3.46. The molecule has 0 aliphatic rings. The zero-order valence-electron chi connectivity index (χ0n) is 21.2. The number of carbonyl (C=O) groups is 5. The summed E-state index contributed by atoms with van der Waals surface area (Å²) in [4.78, 5) is 61.6. The number of nitrogens with one attached hydrogen (secondary N) is 3. The van der Waals surface area contributed by atoms with Gasteiger partial charge in [0, 0.05) is 6.42 Å². The highest BCUT2D eigenvalue weighted by Crippen LogP contribution is 2.10. The van der Waals surface area contributed by atoms with Gasteiger partial charge >= 0.3 is 11.9 Å². The summed E-state index contributed by atoms with van der Waals surface area (Å²) in [7, 11) is 0. The van der Waals surface area contributed by atoms with E-state index in [9.17, 15) is 34.2 Å². The standard InChI is InChI=1S/C25H38N4O7/c1-5-15(4)21(26)24(34)28-17(12-16-9-7-6-8-10-16)22(32)27-18(13-20(30)31)23(33)29-19(25(35)36)11-14(2)3/h6-10,14-15,17-19,21H,5,11-13,26H2,1-4H3,(H,27,32)(H,28,34)(H,29,33)(H,30,31)(H,35,36). The van der Waals surface area contributed by atoms with Gasteiger partial charge in [-0.15, -0.1) is 0 Å². The molecular weight excluding hydrogens is 468 g/mol. The molecule has 0 heterocycles. The average molecular weight is 507 g/mol. The molecular formula is C25H38N4O7. The van der Waals surface area contributed by atoms with Crippen LogP contribution in [-0.4, -0.2) is 64.0 Å². The first-order valence-corrected chi connectivity index (χ1v) is 12.0. The highest BCUT2D eigenvalue weighted by molar-refractivity contribution is 5.95. The molecule has 0 saturated heterocycles. The van der Waals surface area contributed by atoms with Crippen LogP contribution in [-0.2, 0) is 30.4 Å². The summed E-state index contributed by atoms with van der Waals surface area (Å²) in [5.74, 6) is -5.13. The van der Waals surface area contributed by atoms with Crippen LogP contribution < -0.4 is 21.7 Å². The van der Waals surface area contributed by atoms with Gasteiger partial charge in [0.05, 0.1) is 12.5 Å². The first kappa shape index (κ1) is 30.6. The number of carboxylic acid groups (broad SMARTS) is 2. The molecule has 0 aliphatic heterocycles. The van der Waals surface area contributed by atoms with E-state index in [0.29, 0.717) is 6.42 Å². The summed E-state index contributed by atoms with van der Waals surface area (Å²) in [5, 5.41) is 26.0. The molecule has 11 nitrogen and oxygen atoms in total. The van der Waals surface area contributed by atoms with Crippen molar-refractivity contribution in [3.05, 3.63) is 35.9 Å². The predicted molar refractivity (Wildman–Crippen MR) is 133 cm³/mol. The lowest BCUT2D eigenvalue weighted by Crippen LogP contribution is -2.58. The summed E-state index contributed by atoms with van der Waals surface area (Å²) < 4.78 is 0. The molecule has 0 aliphatic carbocycles. The Kier molecular flexibility index (Phi) is 12.6. The fraction of sp³-hybridized carbons (Fsp3) is 0.560. The van der Waals surface area contributed by atoms with Crippen LogP contribution in [0, 0.1) is 11.8 Å². The first-order chi connectivity index (χ1) is 16.8. The van der Waals surface area contributed by atoms with E-state index in [1.54, 1.807) is 51.1 Å². The SMILES string of the molecule is CCC(C)C(N)C(=O)NC(Cc1ccccc1)C(=O)NC(CC(=O)O)C(=O)NC(CC(C)C)C(=O)O. The lowest BCUT2D eigenvalue weighted by molar-refractivity contribution is -0.144. The van der Waals surface area contributed by atoms with Crippen molar-refractivity contribution >= 4 is 29.7 Å². The van der Waals surface area contributed by atoms with Crippen LogP contribution in [0.5, 0.6) is 0 Å². The summed E-state index contributed by atoms with van der Waals surface area (Å²) in [6.45, 7) is 7.24. The van der Waals surface area contributed by atoms with E-state index in [4.69, 9.17) is 5.73 Å². The normalized spacial score (nSPS) is 15.2. The minimum absolute atomic E-state index is 0.0564. The van der Waals surface area contributed by atoms with Crippen LogP contribution in [0.2, 0.25) is 0 Å². The Bertz CT molecular complexity index is 907. The molecule has 200 valence electrons. The van der Waals surface area contributed by atoms with Crippen molar-refractivity contribution in [3.8, 4) is 0 Å². The van der Waals surface area contributed by atoms with Crippen molar-refractivity contribution < 1.29 is 34.2 Å². The maximum atomic E-state index is 13.2. The van der Waals surface area contributed by atoms with Crippen LogP contribution >= 0.6 is 0 Å². The molecule has 5 atom stereocenters. The number of carboxylic acids is 2. The third kappa shape index (κ3) is 10.4. The molecule has 3 amide bonds. The Morgan fingerprint density at radius 2 is 1.36 bits per heavy atom. The lowest BCUT2D eigenvalue weighted by Gasteiger charge is -2.26. The number of hydrogen-bond acceptors (Lipinski definition) is 6. The number of rotatable bonds is 15. The minimum Gasteiger partial charge on any atom is -0.481 e. The number of hydrogen-bond donors (Lipinski definition) is 6. The molecule has 0 fully saturated rings. The molecule has 36 heavy (non-hydrogen) atoms. The van der Waals surface area contributed by atoms with Crippen LogP contribution in [0.3, 0.4) is 0 Å². The molecule has 1 aromatic rings. The van der Waals surface area contributed by atoms with Crippen LogP contribution in [0.1, 0.15) is 52.5 Å². The van der Waals surface area contributed by atoms with E-state index in [2.05, 4.69) is 16.0 Å². The van der Waals surface area contributed by atoms with E-state index >= 15 is 0 Å². The molecule has 0 bridgehead atoms.